The van der Waals surface area contributed by atoms with E-state index in [-0.39, 0.29) is 5.38 Å². The van der Waals surface area contributed by atoms with E-state index in [9.17, 15) is 0 Å². The van der Waals surface area contributed by atoms with Crippen molar-refractivity contribution in [2.75, 3.05) is 0 Å². The van der Waals surface area contributed by atoms with Gasteiger partial charge in [-0.15, -0.1) is 11.6 Å². The first kappa shape index (κ1) is 13.5. The van der Waals surface area contributed by atoms with Crippen LogP contribution in [0.5, 0.6) is 0 Å². The molecule has 0 heterocycles. The summed E-state index contributed by atoms with van der Waals surface area (Å²) in [5.74, 6) is 0. The Bertz CT molecular complexity index is 509. The van der Waals surface area contributed by atoms with Crippen molar-refractivity contribution in [3.05, 3.63) is 69.7 Å². The minimum absolute atomic E-state index is 0.00683. The molecule has 0 nitrogen and oxygen atoms in total. The summed E-state index contributed by atoms with van der Waals surface area (Å²) >= 11 is 12.4. The summed E-state index contributed by atoms with van der Waals surface area (Å²) in [6.07, 6.45) is 0.824. The van der Waals surface area contributed by atoms with E-state index in [1.54, 1.807) is 0 Å². The van der Waals surface area contributed by atoms with Crippen LogP contribution in [0.2, 0.25) is 5.02 Å². The molecule has 0 bridgehead atoms. The van der Waals surface area contributed by atoms with Crippen LogP contribution in [0.25, 0.3) is 0 Å². The molecule has 0 N–H and O–H groups in total. The number of halogens is 2. The summed E-state index contributed by atoms with van der Waals surface area (Å²) < 4.78 is 0. The molecule has 0 aliphatic heterocycles. The Morgan fingerprint density at radius 3 is 2.06 bits per heavy atom. The van der Waals surface area contributed by atoms with E-state index < -0.39 is 0 Å². The van der Waals surface area contributed by atoms with E-state index in [0.717, 1.165) is 11.4 Å². The van der Waals surface area contributed by atoms with Crippen molar-refractivity contribution in [3.63, 3.8) is 0 Å². The molecule has 2 aromatic rings. The average molecular weight is 279 g/mol. The predicted molar refractivity (Wildman–Crippen MR) is 79.7 cm³/mol. The van der Waals surface area contributed by atoms with Gasteiger partial charge in [0.05, 0.1) is 5.38 Å². The van der Waals surface area contributed by atoms with Crippen LogP contribution in [0.4, 0.5) is 0 Å². The fourth-order valence-electron chi connectivity index (χ4n) is 2.25. The minimum atomic E-state index is 0.00683. The summed E-state index contributed by atoms with van der Waals surface area (Å²) in [4.78, 5) is 0. The molecule has 2 aromatic carbocycles. The van der Waals surface area contributed by atoms with Gasteiger partial charge in [-0.05, 0) is 54.7 Å². The van der Waals surface area contributed by atoms with Gasteiger partial charge in [-0.25, -0.2) is 0 Å². The van der Waals surface area contributed by atoms with Crippen molar-refractivity contribution >= 4 is 23.2 Å². The summed E-state index contributed by atoms with van der Waals surface area (Å²) in [6, 6.07) is 14.2. The zero-order valence-electron chi connectivity index (χ0n) is 10.6. The van der Waals surface area contributed by atoms with Gasteiger partial charge < -0.3 is 0 Å². The molecule has 0 saturated heterocycles. The zero-order valence-corrected chi connectivity index (χ0v) is 12.1. The van der Waals surface area contributed by atoms with Gasteiger partial charge in [0.1, 0.15) is 0 Å². The fourth-order valence-corrected chi connectivity index (χ4v) is 2.90. The van der Waals surface area contributed by atoms with Gasteiger partial charge >= 0.3 is 0 Å². The lowest BCUT2D eigenvalue weighted by molar-refractivity contribution is 0.899. The van der Waals surface area contributed by atoms with Crippen LogP contribution in [0.3, 0.4) is 0 Å². The van der Waals surface area contributed by atoms with Crippen molar-refractivity contribution in [3.8, 4) is 0 Å². The van der Waals surface area contributed by atoms with Crippen LogP contribution in [0.15, 0.2) is 42.5 Å². The van der Waals surface area contributed by atoms with Gasteiger partial charge in [0, 0.05) is 5.02 Å². The first-order chi connectivity index (χ1) is 8.58. The maximum atomic E-state index is 6.56. The van der Waals surface area contributed by atoms with E-state index in [2.05, 4.69) is 32.0 Å². The van der Waals surface area contributed by atoms with Crippen molar-refractivity contribution in [1.29, 1.82) is 0 Å². The molecule has 18 heavy (non-hydrogen) atoms. The Morgan fingerprint density at radius 2 is 1.50 bits per heavy atom. The highest BCUT2D eigenvalue weighted by Gasteiger charge is 2.13. The summed E-state index contributed by atoms with van der Waals surface area (Å²) in [7, 11) is 0. The average Bonchev–Trinajstić information content (AvgIpc) is 2.32. The molecule has 2 rings (SSSR count). The monoisotopic (exact) mass is 278 g/mol. The van der Waals surface area contributed by atoms with Crippen LogP contribution in [-0.2, 0) is 6.42 Å². The SMILES string of the molecule is Cc1cccc(C)c1C(Cl)Cc1ccc(Cl)cc1. The standard InChI is InChI=1S/C16H16Cl2/c1-11-4-3-5-12(2)16(11)15(18)10-13-6-8-14(17)9-7-13/h3-9,15H,10H2,1-2H3. The molecule has 0 saturated carbocycles. The van der Waals surface area contributed by atoms with Crippen LogP contribution < -0.4 is 0 Å². The molecule has 0 aromatic heterocycles. The lowest BCUT2D eigenvalue weighted by Crippen LogP contribution is -2.01. The van der Waals surface area contributed by atoms with Gasteiger partial charge in [0.2, 0.25) is 0 Å². The quantitative estimate of drug-likeness (QED) is 0.653. The summed E-state index contributed by atoms with van der Waals surface area (Å²) in [5.41, 5.74) is 4.96. The molecule has 0 aliphatic rings. The van der Waals surface area contributed by atoms with Crippen molar-refractivity contribution in [2.45, 2.75) is 25.6 Å². The highest BCUT2D eigenvalue weighted by atomic mass is 35.5. The van der Waals surface area contributed by atoms with E-state index in [4.69, 9.17) is 23.2 Å². The van der Waals surface area contributed by atoms with Gasteiger partial charge in [0.25, 0.3) is 0 Å². The molecule has 0 radical (unpaired) electrons. The Hall–Kier alpha value is -0.980. The number of hydrogen-bond donors (Lipinski definition) is 0. The lowest BCUT2D eigenvalue weighted by atomic mass is 9.96. The second-order valence-electron chi connectivity index (χ2n) is 4.60. The first-order valence-corrected chi connectivity index (χ1v) is 6.84. The maximum Gasteiger partial charge on any atom is 0.0630 e. The molecular weight excluding hydrogens is 263 g/mol. The van der Waals surface area contributed by atoms with Gasteiger partial charge in [-0.3, -0.25) is 0 Å². The normalized spacial score (nSPS) is 12.4. The number of rotatable bonds is 3. The highest BCUT2D eigenvalue weighted by Crippen LogP contribution is 2.30. The number of alkyl halides is 1. The van der Waals surface area contributed by atoms with Crippen LogP contribution >= 0.6 is 23.2 Å². The third-order valence-electron chi connectivity index (χ3n) is 3.18. The third kappa shape index (κ3) is 3.07. The fraction of sp³-hybridized carbons (Fsp3) is 0.250. The van der Waals surface area contributed by atoms with Crippen LogP contribution in [-0.4, -0.2) is 0 Å². The maximum absolute atomic E-state index is 6.56. The molecular formula is C16H16Cl2. The Labute approximate surface area is 119 Å². The van der Waals surface area contributed by atoms with E-state index >= 15 is 0 Å². The second kappa shape index (κ2) is 5.77. The van der Waals surface area contributed by atoms with Gasteiger partial charge in [-0.1, -0.05) is 41.9 Å². The number of hydrogen-bond acceptors (Lipinski definition) is 0. The van der Waals surface area contributed by atoms with Crippen molar-refractivity contribution < 1.29 is 0 Å². The highest BCUT2D eigenvalue weighted by molar-refractivity contribution is 6.30. The van der Waals surface area contributed by atoms with Gasteiger partial charge in [0.15, 0.2) is 0 Å². The van der Waals surface area contributed by atoms with Crippen molar-refractivity contribution in [1.82, 2.24) is 0 Å². The van der Waals surface area contributed by atoms with Crippen LogP contribution in [0.1, 0.15) is 27.6 Å². The molecule has 0 aliphatic carbocycles. The molecule has 2 heteroatoms. The van der Waals surface area contributed by atoms with E-state index in [1.165, 1.54) is 22.3 Å². The predicted octanol–water partition coefficient (Wildman–Crippen LogP) is 5.48. The molecule has 94 valence electrons. The van der Waals surface area contributed by atoms with Crippen LogP contribution in [0, 0.1) is 13.8 Å². The Morgan fingerprint density at radius 1 is 0.944 bits per heavy atom. The Kier molecular flexibility index (Phi) is 4.31. The molecule has 0 fully saturated rings. The zero-order chi connectivity index (χ0) is 13.1. The molecule has 1 unspecified atom stereocenters. The van der Waals surface area contributed by atoms with Gasteiger partial charge in [-0.2, -0.15) is 0 Å². The number of benzene rings is 2. The van der Waals surface area contributed by atoms with E-state index in [1.807, 2.05) is 24.3 Å². The second-order valence-corrected chi connectivity index (χ2v) is 5.57. The molecule has 0 spiro atoms. The smallest absolute Gasteiger partial charge is 0.0630 e. The first-order valence-electron chi connectivity index (χ1n) is 6.02. The lowest BCUT2D eigenvalue weighted by Gasteiger charge is -2.15. The molecule has 0 amide bonds. The number of aryl methyl sites for hydroxylation is 2. The third-order valence-corrected chi connectivity index (χ3v) is 3.81. The molecule has 1 atom stereocenters. The van der Waals surface area contributed by atoms with E-state index in [0.29, 0.717) is 0 Å². The summed E-state index contributed by atoms with van der Waals surface area (Å²) in [5, 5.41) is 0.768. The summed E-state index contributed by atoms with van der Waals surface area (Å²) in [6.45, 7) is 4.22. The Balaban J connectivity index is 2.22. The minimum Gasteiger partial charge on any atom is -0.117 e. The largest absolute Gasteiger partial charge is 0.117 e. The van der Waals surface area contributed by atoms with Crippen molar-refractivity contribution in [2.24, 2.45) is 0 Å². The topological polar surface area (TPSA) is 0 Å².